The molecular weight excluding hydrogens is 260 g/mol. The topological polar surface area (TPSA) is 56.0 Å². The van der Waals surface area contributed by atoms with E-state index in [1.165, 1.54) is 18.8 Å². The number of ketones is 1. The van der Waals surface area contributed by atoms with Crippen LogP contribution in [0.25, 0.3) is 0 Å². The molecule has 4 nitrogen and oxygen atoms in total. The minimum atomic E-state index is -0.218. The number of carbonyl (C=O) groups excluding carboxylic acids is 1. The number of aromatic nitrogens is 2. The van der Waals surface area contributed by atoms with E-state index in [9.17, 15) is 4.79 Å². The van der Waals surface area contributed by atoms with Gasteiger partial charge in [-0.05, 0) is 28.9 Å². The molecule has 0 radical (unpaired) electrons. The third-order valence-electron chi connectivity index (χ3n) is 1.98. The highest BCUT2D eigenvalue weighted by atomic mass is 79.9. The summed E-state index contributed by atoms with van der Waals surface area (Å²) in [5, 5.41) is 0. The summed E-state index contributed by atoms with van der Waals surface area (Å²) in [5.41, 5.74) is 1.09. The SMILES string of the molecule is Cc1ncncc1C(=O)c1occc1Br. The first-order valence-electron chi connectivity index (χ1n) is 4.24. The molecule has 0 fully saturated rings. The van der Waals surface area contributed by atoms with Crippen molar-refractivity contribution in [1.82, 2.24) is 9.97 Å². The number of halogens is 1. The number of furan rings is 1. The molecule has 0 saturated carbocycles. The van der Waals surface area contributed by atoms with Crippen molar-refractivity contribution in [2.45, 2.75) is 6.92 Å². The summed E-state index contributed by atoms with van der Waals surface area (Å²) in [6, 6.07) is 1.67. The molecule has 0 atom stereocenters. The van der Waals surface area contributed by atoms with Crippen molar-refractivity contribution < 1.29 is 9.21 Å². The largest absolute Gasteiger partial charge is 0.460 e. The normalized spacial score (nSPS) is 10.3. The average molecular weight is 267 g/mol. The number of carbonyl (C=O) groups is 1. The van der Waals surface area contributed by atoms with Gasteiger partial charge in [0.15, 0.2) is 5.76 Å². The molecule has 15 heavy (non-hydrogen) atoms. The van der Waals surface area contributed by atoms with E-state index in [1.807, 2.05) is 0 Å². The summed E-state index contributed by atoms with van der Waals surface area (Å²) < 4.78 is 5.72. The molecule has 0 bridgehead atoms. The number of hydrogen-bond acceptors (Lipinski definition) is 4. The van der Waals surface area contributed by atoms with Gasteiger partial charge in [-0.1, -0.05) is 0 Å². The third-order valence-corrected chi connectivity index (χ3v) is 2.60. The number of aryl methyl sites for hydroxylation is 1. The maximum Gasteiger partial charge on any atom is 0.232 e. The fraction of sp³-hybridized carbons (Fsp3) is 0.100. The van der Waals surface area contributed by atoms with Crippen molar-refractivity contribution in [1.29, 1.82) is 0 Å². The molecule has 2 heterocycles. The highest BCUT2D eigenvalue weighted by Crippen LogP contribution is 2.21. The van der Waals surface area contributed by atoms with Crippen LogP contribution in [-0.2, 0) is 0 Å². The van der Waals surface area contributed by atoms with Crippen LogP contribution in [0.1, 0.15) is 21.8 Å². The molecule has 0 saturated heterocycles. The van der Waals surface area contributed by atoms with Gasteiger partial charge in [0.05, 0.1) is 22.0 Å². The molecule has 5 heteroatoms. The standard InChI is InChI=1S/C10H7BrN2O2/c1-6-7(4-12-5-13-6)9(14)10-8(11)2-3-15-10/h2-5H,1H3. The van der Waals surface area contributed by atoms with E-state index < -0.39 is 0 Å². The van der Waals surface area contributed by atoms with Gasteiger partial charge in [0, 0.05) is 6.20 Å². The fourth-order valence-electron chi connectivity index (χ4n) is 1.19. The summed E-state index contributed by atoms with van der Waals surface area (Å²) >= 11 is 3.23. The molecule has 0 aliphatic carbocycles. The molecule has 0 aliphatic heterocycles. The lowest BCUT2D eigenvalue weighted by atomic mass is 10.1. The minimum absolute atomic E-state index is 0.218. The van der Waals surface area contributed by atoms with Crippen LogP contribution in [0.2, 0.25) is 0 Å². The van der Waals surface area contributed by atoms with Crippen molar-refractivity contribution >= 4 is 21.7 Å². The van der Waals surface area contributed by atoms with Crippen LogP contribution in [0.3, 0.4) is 0 Å². The zero-order chi connectivity index (χ0) is 10.8. The van der Waals surface area contributed by atoms with Crippen molar-refractivity contribution in [2.75, 3.05) is 0 Å². The fourth-order valence-corrected chi connectivity index (χ4v) is 1.57. The van der Waals surface area contributed by atoms with Crippen molar-refractivity contribution in [3.63, 3.8) is 0 Å². The number of nitrogens with zero attached hydrogens (tertiary/aromatic N) is 2. The quantitative estimate of drug-likeness (QED) is 0.784. The summed E-state index contributed by atoms with van der Waals surface area (Å²) in [4.78, 5) is 19.7. The monoisotopic (exact) mass is 266 g/mol. The lowest BCUT2D eigenvalue weighted by molar-refractivity contribution is 0.101. The zero-order valence-corrected chi connectivity index (χ0v) is 9.48. The maximum atomic E-state index is 11.9. The van der Waals surface area contributed by atoms with Crippen molar-refractivity contribution in [3.05, 3.63) is 46.3 Å². The minimum Gasteiger partial charge on any atom is -0.460 e. The third kappa shape index (κ3) is 1.83. The lowest BCUT2D eigenvalue weighted by Crippen LogP contribution is -2.05. The Morgan fingerprint density at radius 1 is 1.53 bits per heavy atom. The first-order chi connectivity index (χ1) is 7.20. The van der Waals surface area contributed by atoms with E-state index in [4.69, 9.17) is 4.42 Å². The van der Waals surface area contributed by atoms with Gasteiger partial charge in [-0.25, -0.2) is 9.97 Å². The Bertz CT molecular complexity index is 508. The second kappa shape index (κ2) is 3.94. The van der Waals surface area contributed by atoms with Gasteiger partial charge >= 0.3 is 0 Å². The molecule has 2 aromatic rings. The average Bonchev–Trinajstić information content (AvgIpc) is 2.64. The van der Waals surface area contributed by atoms with Gasteiger partial charge in [-0.3, -0.25) is 4.79 Å². The predicted octanol–water partition coefficient (Wildman–Crippen LogP) is 2.37. The van der Waals surface area contributed by atoms with Gasteiger partial charge in [0.1, 0.15) is 6.33 Å². The van der Waals surface area contributed by atoms with Crippen LogP contribution >= 0.6 is 15.9 Å². The molecule has 0 unspecified atom stereocenters. The van der Waals surface area contributed by atoms with Crippen LogP contribution in [-0.4, -0.2) is 15.8 Å². The summed E-state index contributed by atoms with van der Waals surface area (Å²) in [7, 11) is 0. The Morgan fingerprint density at radius 2 is 2.33 bits per heavy atom. The molecule has 0 aliphatic rings. The smallest absolute Gasteiger partial charge is 0.232 e. The number of rotatable bonds is 2. The molecule has 0 spiro atoms. The predicted molar refractivity (Wildman–Crippen MR) is 56.6 cm³/mol. The van der Waals surface area contributed by atoms with Gasteiger partial charge < -0.3 is 4.42 Å². The van der Waals surface area contributed by atoms with E-state index in [-0.39, 0.29) is 11.5 Å². The van der Waals surface area contributed by atoms with Crippen LogP contribution in [0.15, 0.2) is 33.7 Å². The van der Waals surface area contributed by atoms with Gasteiger partial charge in [0.2, 0.25) is 5.78 Å². The first kappa shape index (κ1) is 10.0. The Balaban J connectivity index is 2.46. The van der Waals surface area contributed by atoms with E-state index in [2.05, 4.69) is 25.9 Å². The highest BCUT2D eigenvalue weighted by Gasteiger charge is 2.18. The van der Waals surface area contributed by atoms with Crippen LogP contribution in [0.4, 0.5) is 0 Å². The lowest BCUT2D eigenvalue weighted by Gasteiger charge is -2.00. The van der Waals surface area contributed by atoms with Gasteiger partial charge in [-0.15, -0.1) is 0 Å². The molecule has 2 rings (SSSR count). The van der Waals surface area contributed by atoms with Crippen LogP contribution in [0.5, 0.6) is 0 Å². The zero-order valence-electron chi connectivity index (χ0n) is 7.90. The van der Waals surface area contributed by atoms with Gasteiger partial charge in [0.25, 0.3) is 0 Å². The molecule has 0 N–H and O–H groups in total. The van der Waals surface area contributed by atoms with Gasteiger partial charge in [-0.2, -0.15) is 0 Å². The Morgan fingerprint density at radius 3 is 2.93 bits per heavy atom. The molecule has 76 valence electrons. The summed E-state index contributed by atoms with van der Waals surface area (Å²) in [6.45, 7) is 1.76. The maximum absolute atomic E-state index is 11.9. The number of hydrogen-bond donors (Lipinski definition) is 0. The molecule has 2 aromatic heterocycles. The molecule has 0 amide bonds. The van der Waals surface area contributed by atoms with E-state index in [0.717, 1.165) is 0 Å². The van der Waals surface area contributed by atoms with E-state index in [1.54, 1.807) is 13.0 Å². The van der Waals surface area contributed by atoms with E-state index in [0.29, 0.717) is 15.7 Å². The highest BCUT2D eigenvalue weighted by molar-refractivity contribution is 9.10. The van der Waals surface area contributed by atoms with Crippen molar-refractivity contribution in [2.24, 2.45) is 0 Å². The molecular formula is C10H7BrN2O2. The van der Waals surface area contributed by atoms with Crippen LogP contribution in [0, 0.1) is 6.92 Å². The Hall–Kier alpha value is -1.49. The second-order valence-corrected chi connectivity index (χ2v) is 3.80. The Kier molecular flexibility index (Phi) is 2.64. The summed E-state index contributed by atoms with van der Waals surface area (Å²) in [5.74, 6) is 0.0536. The second-order valence-electron chi connectivity index (χ2n) is 2.95. The summed E-state index contributed by atoms with van der Waals surface area (Å²) in [6.07, 6.45) is 4.35. The molecule has 0 aromatic carbocycles. The van der Waals surface area contributed by atoms with Crippen molar-refractivity contribution in [3.8, 4) is 0 Å². The Labute approximate surface area is 94.5 Å². The van der Waals surface area contributed by atoms with Crippen LogP contribution < -0.4 is 0 Å². The first-order valence-corrected chi connectivity index (χ1v) is 5.03. The van der Waals surface area contributed by atoms with E-state index >= 15 is 0 Å².